The molecule has 1 heterocycles. The first kappa shape index (κ1) is 11.4. The van der Waals surface area contributed by atoms with E-state index in [9.17, 15) is 10.1 Å². The third kappa shape index (κ3) is 2.44. The topological polar surface area (TPSA) is 96.2 Å². The van der Waals surface area contributed by atoms with Crippen molar-refractivity contribution in [2.45, 2.75) is 19.9 Å². The molecule has 1 aromatic rings. The number of rotatable bonds is 5. The van der Waals surface area contributed by atoms with Gasteiger partial charge in [-0.2, -0.15) is 5.10 Å². The van der Waals surface area contributed by atoms with Gasteiger partial charge in [0.05, 0.1) is 17.6 Å². The van der Waals surface area contributed by atoms with Crippen LogP contribution in [-0.2, 0) is 4.74 Å². The van der Waals surface area contributed by atoms with Gasteiger partial charge in [0.1, 0.15) is 6.20 Å². The summed E-state index contributed by atoms with van der Waals surface area (Å²) in [6.45, 7) is 4.73. The van der Waals surface area contributed by atoms with Crippen LogP contribution in [0.15, 0.2) is 6.20 Å². The molecule has 7 heteroatoms. The lowest BCUT2D eigenvalue weighted by Gasteiger charge is -2.12. The van der Waals surface area contributed by atoms with Crippen molar-refractivity contribution in [1.82, 2.24) is 9.78 Å². The van der Waals surface area contributed by atoms with Crippen molar-refractivity contribution in [2.24, 2.45) is 0 Å². The van der Waals surface area contributed by atoms with Gasteiger partial charge in [-0.1, -0.05) is 0 Å². The highest BCUT2D eigenvalue weighted by molar-refractivity contribution is 5.51. The van der Waals surface area contributed by atoms with Gasteiger partial charge in [-0.25, -0.2) is 4.68 Å². The average molecular weight is 214 g/mol. The van der Waals surface area contributed by atoms with Crippen molar-refractivity contribution in [3.8, 4) is 0 Å². The van der Waals surface area contributed by atoms with E-state index in [1.54, 1.807) is 0 Å². The number of nitro groups is 1. The maximum Gasteiger partial charge on any atom is 0.330 e. The highest BCUT2D eigenvalue weighted by Gasteiger charge is 2.20. The first-order valence-corrected chi connectivity index (χ1v) is 4.63. The number of hydrogen-bond donors (Lipinski definition) is 1. The van der Waals surface area contributed by atoms with E-state index >= 15 is 0 Å². The maximum absolute atomic E-state index is 10.5. The fourth-order valence-corrected chi connectivity index (χ4v) is 1.21. The van der Waals surface area contributed by atoms with Crippen LogP contribution in [0.25, 0.3) is 0 Å². The number of hydrogen-bond acceptors (Lipinski definition) is 5. The number of nitrogen functional groups attached to an aromatic ring is 1. The molecule has 0 bridgehead atoms. The Hall–Kier alpha value is -1.63. The molecule has 15 heavy (non-hydrogen) atoms. The van der Waals surface area contributed by atoms with Gasteiger partial charge in [0.2, 0.25) is 5.82 Å². The van der Waals surface area contributed by atoms with Crippen LogP contribution in [0.4, 0.5) is 11.5 Å². The third-order valence-corrected chi connectivity index (χ3v) is 1.99. The van der Waals surface area contributed by atoms with Gasteiger partial charge in [-0.3, -0.25) is 10.1 Å². The van der Waals surface area contributed by atoms with Gasteiger partial charge in [0.15, 0.2) is 0 Å². The first-order chi connectivity index (χ1) is 7.07. The molecular formula is C8H14N4O3. The van der Waals surface area contributed by atoms with Gasteiger partial charge in [-0.15, -0.1) is 0 Å². The highest BCUT2D eigenvalue weighted by atomic mass is 16.6. The standard InChI is InChI=1S/C8H14N4O3/c1-3-15-5-6(2)11-8(9)7(4-10-11)12(13)14/h4,6H,3,5,9H2,1-2H3. The van der Waals surface area contributed by atoms with Crippen LogP contribution in [0.2, 0.25) is 0 Å². The minimum absolute atomic E-state index is 0.0622. The van der Waals surface area contributed by atoms with Crippen LogP contribution in [0, 0.1) is 10.1 Å². The zero-order valence-electron chi connectivity index (χ0n) is 8.71. The van der Waals surface area contributed by atoms with Crippen LogP contribution in [0.3, 0.4) is 0 Å². The molecule has 2 N–H and O–H groups in total. The van der Waals surface area contributed by atoms with Crippen LogP contribution < -0.4 is 5.73 Å². The first-order valence-electron chi connectivity index (χ1n) is 4.63. The Balaban J connectivity index is 2.81. The van der Waals surface area contributed by atoms with Crippen LogP contribution in [-0.4, -0.2) is 27.9 Å². The van der Waals surface area contributed by atoms with E-state index in [4.69, 9.17) is 10.5 Å². The quantitative estimate of drug-likeness (QED) is 0.582. The molecule has 0 amide bonds. The van der Waals surface area contributed by atoms with Gasteiger partial charge in [0.25, 0.3) is 0 Å². The summed E-state index contributed by atoms with van der Waals surface area (Å²) in [4.78, 5) is 9.96. The molecule has 7 nitrogen and oxygen atoms in total. The molecule has 0 fully saturated rings. The van der Waals surface area contributed by atoms with Crippen LogP contribution in [0.5, 0.6) is 0 Å². The molecular weight excluding hydrogens is 200 g/mol. The molecule has 0 aliphatic heterocycles. The molecule has 1 aromatic heterocycles. The van der Waals surface area contributed by atoms with Crippen molar-refractivity contribution in [2.75, 3.05) is 18.9 Å². The maximum atomic E-state index is 10.5. The van der Waals surface area contributed by atoms with E-state index < -0.39 is 4.92 Å². The van der Waals surface area contributed by atoms with Gasteiger partial charge in [0, 0.05) is 6.61 Å². The number of anilines is 1. The number of nitrogens with two attached hydrogens (primary N) is 1. The average Bonchev–Trinajstić information content (AvgIpc) is 2.56. The zero-order valence-corrected chi connectivity index (χ0v) is 8.71. The van der Waals surface area contributed by atoms with Crippen LogP contribution in [0.1, 0.15) is 19.9 Å². The van der Waals surface area contributed by atoms with E-state index in [1.807, 2.05) is 13.8 Å². The Morgan fingerprint density at radius 2 is 2.47 bits per heavy atom. The summed E-state index contributed by atoms with van der Waals surface area (Å²) in [5.74, 6) is 0.0622. The second-order valence-electron chi connectivity index (χ2n) is 3.13. The summed E-state index contributed by atoms with van der Waals surface area (Å²) in [6, 6.07) is -0.112. The van der Waals surface area contributed by atoms with E-state index in [0.29, 0.717) is 13.2 Å². The fourth-order valence-electron chi connectivity index (χ4n) is 1.21. The second-order valence-corrected chi connectivity index (χ2v) is 3.13. The smallest absolute Gasteiger partial charge is 0.330 e. The normalized spacial score (nSPS) is 12.7. The molecule has 1 atom stereocenters. The summed E-state index contributed by atoms with van der Waals surface area (Å²) in [7, 11) is 0. The lowest BCUT2D eigenvalue weighted by Crippen LogP contribution is -2.15. The molecule has 0 saturated heterocycles. The van der Waals surface area contributed by atoms with Crippen molar-refractivity contribution >= 4 is 11.5 Å². The Kier molecular flexibility index (Phi) is 3.62. The molecule has 0 aromatic carbocycles. The molecule has 0 aliphatic rings. The molecule has 0 saturated carbocycles. The Labute approximate surface area is 87.0 Å². The van der Waals surface area contributed by atoms with Crippen LogP contribution >= 0.6 is 0 Å². The molecule has 0 aliphatic carbocycles. The van der Waals surface area contributed by atoms with E-state index in [2.05, 4.69) is 5.10 Å². The number of nitrogens with zero attached hydrogens (tertiary/aromatic N) is 3. The van der Waals surface area contributed by atoms with E-state index in [-0.39, 0.29) is 17.5 Å². The fraction of sp³-hybridized carbons (Fsp3) is 0.625. The largest absolute Gasteiger partial charge is 0.380 e. The molecule has 0 spiro atoms. The minimum atomic E-state index is -0.549. The van der Waals surface area contributed by atoms with Gasteiger partial charge in [-0.05, 0) is 13.8 Å². The van der Waals surface area contributed by atoms with E-state index in [1.165, 1.54) is 4.68 Å². The third-order valence-electron chi connectivity index (χ3n) is 1.99. The summed E-state index contributed by atoms with van der Waals surface area (Å²) in [6.07, 6.45) is 1.15. The summed E-state index contributed by atoms with van der Waals surface area (Å²) < 4.78 is 6.58. The lowest BCUT2D eigenvalue weighted by atomic mass is 10.3. The molecule has 84 valence electrons. The van der Waals surface area contributed by atoms with E-state index in [0.717, 1.165) is 6.20 Å². The number of aromatic nitrogens is 2. The Morgan fingerprint density at radius 3 is 2.93 bits per heavy atom. The summed E-state index contributed by atoms with van der Waals surface area (Å²) in [5, 5.41) is 14.4. The second kappa shape index (κ2) is 4.74. The summed E-state index contributed by atoms with van der Waals surface area (Å²) in [5.41, 5.74) is 5.41. The SMILES string of the molecule is CCOCC(C)n1ncc([N+](=O)[O-])c1N. The highest BCUT2D eigenvalue weighted by Crippen LogP contribution is 2.23. The number of ether oxygens (including phenoxy) is 1. The predicted molar refractivity (Wildman–Crippen MR) is 54.5 cm³/mol. The lowest BCUT2D eigenvalue weighted by molar-refractivity contribution is -0.384. The molecule has 0 radical (unpaired) electrons. The van der Waals surface area contributed by atoms with Crippen molar-refractivity contribution in [3.05, 3.63) is 16.3 Å². The predicted octanol–water partition coefficient (Wildman–Crippen LogP) is 0.971. The minimum Gasteiger partial charge on any atom is -0.380 e. The zero-order chi connectivity index (χ0) is 11.4. The Bertz CT molecular complexity index is 350. The Morgan fingerprint density at radius 1 is 1.80 bits per heavy atom. The van der Waals surface area contributed by atoms with Crippen molar-refractivity contribution in [3.63, 3.8) is 0 Å². The summed E-state index contributed by atoms with van der Waals surface area (Å²) >= 11 is 0. The van der Waals surface area contributed by atoms with Crippen molar-refractivity contribution in [1.29, 1.82) is 0 Å². The van der Waals surface area contributed by atoms with Gasteiger partial charge >= 0.3 is 5.69 Å². The monoisotopic (exact) mass is 214 g/mol. The van der Waals surface area contributed by atoms with Gasteiger partial charge < -0.3 is 10.5 Å². The van der Waals surface area contributed by atoms with Crippen molar-refractivity contribution < 1.29 is 9.66 Å². The molecule has 1 rings (SSSR count). The molecule has 1 unspecified atom stereocenters.